The van der Waals surface area contributed by atoms with E-state index in [-0.39, 0.29) is 0 Å². The lowest BCUT2D eigenvalue weighted by molar-refractivity contribution is 0.333. The number of nitrogens with one attached hydrogen (secondary N) is 1. The van der Waals surface area contributed by atoms with Crippen molar-refractivity contribution in [1.29, 1.82) is 5.26 Å². The number of para-hydroxylation sites is 1. The Morgan fingerprint density at radius 1 is 1.47 bits per heavy atom. The molecule has 1 aromatic carbocycles. The Morgan fingerprint density at radius 2 is 2.27 bits per heavy atom. The second kappa shape index (κ2) is 4.35. The molecule has 1 fully saturated rings. The van der Waals surface area contributed by atoms with Crippen LogP contribution in [0, 0.1) is 24.2 Å². The third kappa shape index (κ3) is 2.12. The third-order valence-corrected chi connectivity index (χ3v) is 3.19. The molecule has 0 bridgehead atoms. The molecule has 78 valence electrons. The van der Waals surface area contributed by atoms with Crippen LogP contribution in [0.2, 0.25) is 0 Å². The highest BCUT2D eigenvalue weighted by atomic mass is 14.9. The molecule has 2 nitrogen and oxygen atoms in total. The van der Waals surface area contributed by atoms with Gasteiger partial charge in [0.05, 0.1) is 11.3 Å². The molecule has 0 unspecified atom stereocenters. The van der Waals surface area contributed by atoms with Gasteiger partial charge in [-0.15, -0.1) is 0 Å². The maximum absolute atomic E-state index is 8.99. The Bertz CT molecular complexity index is 386. The summed E-state index contributed by atoms with van der Waals surface area (Å²) in [5.41, 5.74) is 2.94. The zero-order valence-electron chi connectivity index (χ0n) is 9.09. The molecule has 0 heterocycles. The normalized spacial score (nSPS) is 15.5. The highest BCUT2D eigenvalue weighted by Crippen LogP contribution is 2.27. The fraction of sp³-hybridized carbons (Fsp3) is 0.462. The molecule has 0 aromatic heterocycles. The van der Waals surface area contributed by atoms with Gasteiger partial charge in [-0.2, -0.15) is 5.26 Å². The van der Waals surface area contributed by atoms with Gasteiger partial charge in [0.15, 0.2) is 0 Å². The number of anilines is 1. The van der Waals surface area contributed by atoms with Crippen LogP contribution in [0.5, 0.6) is 0 Å². The topological polar surface area (TPSA) is 35.8 Å². The van der Waals surface area contributed by atoms with Crippen LogP contribution in [-0.2, 0) is 0 Å². The van der Waals surface area contributed by atoms with E-state index in [1.54, 1.807) is 0 Å². The van der Waals surface area contributed by atoms with Gasteiger partial charge in [0.2, 0.25) is 0 Å². The lowest BCUT2D eigenvalue weighted by atomic mass is 9.85. The monoisotopic (exact) mass is 200 g/mol. The molecule has 2 rings (SSSR count). The van der Waals surface area contributed by atoms with Gasteiger partial charge in [-0.05, 0) is 37.3 Å². The van der Waals surface area contributed by atoms with Crippen LogP contribution in [0.4, 0.5) is 5.69 Å². The van der Waals surface area contributed by atoms with Gasteiger partial charge in [0.25, 0.3) is 0 Å². The molecule has 0 spiro atoms. The summed E-state index contributed by atoms with van der Waals surface area (Å²) in [7, 11) is 0. The minimum Gasteiger partial charge on any atom is -0.383 e. The summed E-state index contributed by atoms with van der Waals surface area (Å²) in [4.78, 5) is 0. The standard InChI is InChI=1S/C13H16N2/c1-10-4-2-7-12(8-14)13(10)15-9-11-5-3-6-11/h2,4,7,11,15H,3,5-6,9H2,1H3. The minimum atomic E-state index is 0.759. The van der Waals surface area contributed by atoms with E-state index in [2.05, 4.69) is 11.4 Å². The number of hydrogen-bond donors (Lipinski definition) is 1. The molecule has 1 saturated carbocycles. The first-order valence-corrected chi connectivity index (χ1v) is 5.55. The van der Waals surface area contributed by atoms with Crippen molar-refractivity contribution in [3.8, 4) is 6.07 Å². The first kappa shape index (κ1) is 10.0. The number of aryl methyl sites for hydroxylation is 1. The highest BCUT2D eigenvalue weighted by molar-refractivity contribution is 5.62. The van der Waals surface area contributed by atoms with Gasteiger partial charge in [0, 0.05) is 6.54 Å². The van der Waals surface area contributed by atoms with Crippen molar-refractivity contribution < 1.29 is 0 Å². The second-order valence-electron chi connectivity index (χ2n) is 4.29. The Labute approximate surface area is 90.9 Å². The first-order chi connectivity index (χ1) is 7.31. The van der Waals surface area contributed by atoms with E-state index in [1.807, 2.05) is 25.1 Å². The van der Waals surface area contributed by atoms with Gasteiger partial charge in [-0.3, -0.25) is 0 Å². The van der Waals surface area contributed by atoms with Crippen molar-refractivity contribution in [3.05, 3.63) is 29.3 Å². The SMILES string of the molecule is Cc1cccc(C#N)c1NCC1CCC1. The molecule has 1 aliphatic carbocycles. The predicted octanol–water partition coefficient (Wildman–Crippen LogP) is 3.08. The van der Waals surface area contributed by atoms with E-state index in [0.29, 0.717) is 0 Å². The highest BCUT2D eigenvalue weighted by Gasteiger charge is 2.17. The lowest BCUT2D eigenvalue weighted by Gasteiger charge is -2.26. The number of nitriles is 1. The van der Waals surface area contributed by atoms with Crippen LogP contribution in [-0.4, -0.2) is 6.54 Å². The van der Waals surface area contributed by atoms with Crippen molar-refractivity contribution in [3.63, 3.8) is 0 Å². The molecular weight excluding hydrogens is 184 g/mol. The van der Waals surface area contributed by atoms with Crippen LogP contribution in [0.1, 0.15) is 30.4 Å². The molecule has 0 amide bonds. The molecule has 0 aliphatic heterocycles. The number of nitrogens with zero attached hydrogens (tertiary/aromatic N) is 1. The van der Waals surface area contributed by atoms with E-state index in [9.17, 15) is 0 Å². The fourth-order valence-electron chi connectivity index (χ4n) is 1.94. The summed E-state index contributed by atoms with van der Waals surface area (Å²) in [5.74, 6) is 0.816. The first-order valence-electron chi connectivity index (χ1n) is 5.55. The molecule has 0 radical (unpaired) electrons. The molecule has 2 heteroatoms. The van der Waals surface area contributed by atoms with Gasteiger partial charge in [-0.1, -0.05) is 18.6 Å². The van der Waals surface area contributed by atoms with E-state index >= 15 is 0 Å². The maximum Gasteiger partial charge on any atom is 0.101 e. The molecule has 1 aliphatic rings. The van der Waals surface area contributed by atoms with Gasteiger partial charge in [0.1, 0.15) is 6.07 Å². The predicted molar refractivity (Wildman–Crippen MR) is 61.7 cm³/mol. The average Bonchev–Trinajstić information content (AvgIpc) is 2.17. The van der Waals surface area contributed by atoms with Crippen LogP contribution in [0.15, 0.2) is 18.2 Å². The van der Waals surface area contributed by atoms with Crippen molar-refractivity contribution >= 4 is 5.69 Å². The third-order valence-electron chi connectivity index (χ3n) is 3.19. The average molecular weight is 200 g/mol. The molecular formula is C13H16N2. The van der Waals surface area contributed by atoms with Crippen molar-refractivity contribution in [2.45, 2.75) is 26.2 Å². The second-order valence-corrected chi connectivity index (χ2v) is 4.29. The summed E-state index contributed by atoms with van der Waals surface area (Å²) >= 11 is 0. The summed E-state index contributed by atoms with van der Waals surface area (Å²) in [6.07, 6.45) is 4.03. The van der Waals surface area contributed by atoms with E-state index < -0.39 is 0 Å². The number of benzene rings is 1. The smallest absolute Gasteiger partial charge is 0.101 e. The van der Waals surface area contributed by atoms with Gasteiger partial charge in [-0.25, -0.2) is 0 Å². The van der Waals surface area contributed by atoms with Crippen LogP contribution in [0.25, 0.3) is 0 Å². The Kier molecular flexibility index (Phi) is 2.91. The van der Waals surface area contributed by atoms with Crippen molar-refractivity contribution in [2.75, 3.05) is 11.9 Å². The minimum absolute atomic E-state index is 0.759. The molecule has 1 aromatic rings. The molecule has 15 heavy (non-hydrogen) atoms. The zero-order valence-corrected chi connectivity index (χ0v) is 9.09. The van der Waals surface area contributed by atoms with Crippen LogP contribution < -0.4 is 5.32 Å². The van der Waals surface area contributed by atoms with E-state index in [1.165, 1.54) is 19.3 Å². The fourth-order valence-corrected chi connectivity index (χ4v) is 1.94. The molecule has 0 atom stereocenters. The zero-order chi connectivity index (χ0) is 10.7. The lowest BCUT2D eigenvalue weighted by Crippen LogP contribution is -2.21. The number of hydrogen-bond acceptors (Lipinski definition) is 2. The summed E-state index contributed by atoms with van der Waals surface area (Å²) in [5, 5.41) is 12.4. The summed E-state index contributed by atoms with van der Waals surface area (Å²) < 4.78 is 0. The van der Waals surface area contributed by atoms with Crippen LogP contribution in [0.3, 0.4) is 0 Å². The Balaban J connectivity index is 2.08. The van der Waals surface area contributed by atoms with E-state index in [0.717, 1.165) is 29.3 Å². The van der Waals surface area contributed by atoms with Gasteiger partial charge >= 0.3 is 0 Å². The van der Waals surface area contributed by atoms with E-state index in [4.69, 9.17) is 5.26 Å². The van der Waals surface area contributed by atoms with Gasteiger partial charge < -0.3 is 5.32 Å². The quantitative estimate of drug-likeness (QED) is 0.813. The largest absolute Gasteiger partial charge is 0.383 e. The van der Waals surface area contributed by atoms with Crippen molar-refractivity contribution in [1.82, 2.24) is 0 Å². The summed E-state index contributed by atoms with van der Waals surface area (Å²) in [6.45, 7) is 3.06. The van der Waals surface area contributed by atoms with Crippen molar-refractivity contribution in [2.24, 2.45) is 5.92 Å². The summed E-state index contributed by atoms with van der Waals surface area (Å²) in [6, 6.07) is 8.08. The Morgan fingerprint density at radius 3 is 2.87 bits per heavy atom. The number of rotatable bonds is 3. The molecule has 0 saturated heterocycles. The van der Waals surface area contributed by atoms with Crippen LogP contribution >= 0.6 is 0 Å². The Hall–Kier alpha value is -1.49. The maximum atomic E-state index is 8.99. The molecule has 1 N–H and O–H groups in total.